The summed E-state index contributed by atoms with van der Waals surface area (Å²) in [6.45, 7) is 0. The van der Waals surface area contributed by atoms with Crippen LogP contribution < -0.4 is 0 Å². The van der Waals surface area contributed by atoms with Crippen molar-refractivity contribution in [2.24, 2.45) is 0 Å². The summed E-state index contributed by atoms with van der Waals surface area (Å²) in [5, 5.41) is 9.42. The lowest BCUT2D eigenvalue weighted by Crippen LogP contribution is -2.06. The zero-order valence-electron chi connectivity index (χ0n) is 9.82. The monoisotopic (exact) mass is 259 g/mol. The third-order valence-corrected chi connectivity index (χ3v) is 2.11. The molecule has 0 amide bonds. The molecule has 1 aromatic carbocycles. The van der Waals surface area contributed by atoms with Crippen molar-refractivity contribution in [3.05, 3.63) is 41.6 Å². The first-order valence-corrected chi connectivity index (χ1v) is 5.01. The molecule has 1 aromatic rings. The summed E-state index contributed by atoms with van der Waals surface area (Å²) in [5.74, 6) is -1.24. The van der Waals surface area contributed by atoms with Crippen LogP contribution >= 0.6 is 0 Å². The van der Waals surface area contributed by atoms with Gasteiger partial charge in [0, 0.05) is 26.4 Å². The summed E-state index contributed by atoms with van der Waals surface area (Å²) in [6, 6.07) is 2.26. The normalized spacial score (nSPS) is 11.8. The van der Waals surface area contributed by atoms with E-state index in [9.17, 15) is 23.1 Å². The Morgan fingerprint density at radius 2 is 1.94 bits per heavy atom. The predicted molar refractivity (Wildman–Crippen MR) is 60.3 cm³/mol. The van der Waals surface area contributed by atoms with Crippen molar-refractivity contribution in [1.29, 1.82) is 0 Å². The molecule has 0 bridgehead atoms. The molecule has 1 rings (SSSR count). The third kappa shape index (κ3) is 3.51. The Bertz CT molecular complexity index is 479. The highest BCUT2D eigenvalue weighted by Crippen LogP contribution is 2.32. The molecule has 0 aromatic heterocycles. The molecule has 98 valence electrons. The van der Waals surface area contributed by atoms with Crippen molar-refractivity contribution in [3.63, 3.8) is 0 Å². The molecule has 1 N–H and O–H groups in total. The number of carbonyl (C=O) groups excluding carboxylic acids is 1. The molecule has 0 radical (unpaired) electrons. The molecule has 0 fully saturated rings. The fraction of sp³-hybridized carbons (Fsp3) is 0.250. The zero-order chi connectivity index (χ0) is 13.9. The number of allylic oxidation sites excluding steroid dienone is 1. The van der Waals surface area contributed by atoms with Crippen molar-refractivity contribution >= 4 is 5.78 Å². The molecule has 0 atom stereocenters. The topological polar surface area (TPSA) is 40.5 Å². The minimum Gasteiger partial charge on any atom is -0.507 e. The predicted octanol–water partition coefficient (Wildman–Crippen LogP) is 2.67. The number of phenolic OH excluding ortho intramolecular Hbond substituents is 1. The number of aromatic hydroxyl groups is 1. The van der Waals surface area contributed by atoms with Crippen LogP contribution in [-0.2, 0) is 6.18 Å². The Labute approximate surface area is 102 Å². The van der Waals surface area contributed by atoms with Gasteiger partial charge in [-0.05, 0) is 18.2 Å². The Hall–Kier alpha value is -1.98. The summed E-state index contributed by atoms with van der Waals surface area (Å²) in [5.41, 5.74) is -1.16. The van der Waals surface area contributed by atoms with E-state index in [1.165, 1.54) is 12.3 Å². The lowest BCUT2D eigenvalue weighted by Gasteiger charge is -2.08. The maximum atomic E-state index is 12.3. The van der Waals surface area contributed by atoms with Crippen molar-refractivity contribution in [3.8, 4) is 5.75 Å². The van der Waals surface area contributed by atoms with E-state index in [2.05, 4.69) is 0 Å². The molecule has 0 aliphatic carbocycles. The van der Waals surface area contributed by atoms with Gasteiger partial charge >= 0.3 is 6.18 Å². The van der Waals surface area contributed by atoms with Crippen LogP contribution in [0, 0.1) is 0 Å². The van der Waals surface area contributed by atoms with Gasteiger partial charge < -0.3 is 10.0 Å². The zero-order valence-corrected chi connectivity index (χ0v) is 9.82. The maximum absolute atomic E-state index is 12.3. The van der Waals surface area contributed by atoms with E-state index in [4.69, 9.17) is 0 Å². The number of carbonyl (C=O) groups is 1. The number of benzene rings is 1. The second kappa shape index (κ2) is 5.12. The van der Waals surface area contributed by atoms with E-state index in [0.29, 0.717) is 6.07 Å². The Kier molecular flexibility index (Phi) is 4.00. The smallest absolute Gasteiger partial charge is 0.416 e. The minimum absolute atomic E-state index is 0.166. The summed E-state index contributed by atoms with van der Waals surface area (Å²) in [4.78, 5) is 13.2. The van der Waals surface area contributed by atoms with E-state index in [-0.39, 0.29) is 5.56 Å². The third-order valence-electron chi connectivity index (χ3n) is 2.11. The first-order chi connectivity index (χ1) is 8.21. The van der Waals surface area contributed by atoms with Gasteiger partial charge in [-0.2, -0.15) is 13.2 Å². The van der Waals surface area contributed by atoms with Crippen LogP contribution in [0.5, 0.6) is 5.75 Å². The fourth-order valence-electron chi connectivity index (χ4n) is 1.22. The van der Waals surface area contributed by atoms with E-state index in [1.54, 1.807) is 19.0 Å². The second-order valence-corrected chi connectivity index (χ2v) is 3.87. The van der Waals surface area contributed by atoms with Crippen LogP contribution in [-0.4, -0.2) is 29.9 Å². The molecule has 0 saturated carbocycles. The summed E-state index contributed by atoms with van der Waals surface area (Å²) in [6.07, 6.45) is -1.93. The van der Waals surface area contributed by atoms with Gasteiger partial charge in [0.2, 0.25) is 0 Å². The number of rotatable bonds is 3. The van der Waals surface area contributed by atoms with Crippen LogP contribution in [0.25, 0.3) is 0 Å². The van der Waals surface area contributed by atoms with Crippen molar-refractivity contribution in [1.82, 2.24) is 4.90 Å². The Balaban J connectivity index is 3.03. The number of ketones is 1. The molecule has 6 heteroatoms. The van der Waals surface area contributed by atoms with Crippen molar-refractivity contribution in [2.75, 3.05) is 14.1 Å². The summed E-state index contributed by atoms with van der Waals surface area (Å²) in [7, 11) is 3.38. The molecular weight excluding hydrogens is 247 g/mol. The van der Waals surface area contributed by atoms with E-state index < -0.39 is 23.3 Å². The van der Waals surface area contributed by atoms with Gasteiger partial charge in [-0.1, -0.05) is 0 Å². The summed E-state index contributed by atoms with van der Waals surface area (Å²) >= 11 is 0. The average Bonchev–Trinajstić information content (AvgIpc) is 2.24. The number of halogens is 3. The van der Waals surface area contributed by atoms with Crippen LogP contribution in [0.4, 0.5) is 13.2 Å². The molecule has 18 heavy (non-hydrogen) atoms. The lowest BCUT2D eigenvalue weighted by atomic mass is 10.1. The van der Waals surface area contributed by atoms with Crippen LogP contribution in [0.1, 0.15) is 15.9 Å². The molecule has 0 aliphatic heterocycles. The van der Waals surface area contributed by atoms with Gasteiger partial charge in [-0.15, -0.1) is 0 Å². The Morgan fingerprint density at radius 3 is 2.39 bits per heavy atom. The molecule has 0 spiro atoms. The van der Waals surface area contributed by atoms with E-state index in [0.717, 1.165) is 12.1 Å². The van der Waals surface area contributed by atoms with Crippen LogP contribution in [0.3, 0.4) is 0 Å². The fourth-order valence-corrected chi connectivity index (χ4v) is 1.22. The number of nitrogens with zero attached hydrogens (tertiary/aromatic N) is 1. The van der Waals surface area contributed by atoms with Gasteiger partial charge in [0.1, 0.15) is 5.75 Å². The molecule has 0 saturated heterocycles. The number of alkyl halides is 3. The SMILES string of the molecule is CN(C)C=CC(=O)c1ccc(C(F)(F)F)cc1O. The van der Waals surface area contributed by atoms with Crippen LogP contribution in [0.15, 0.2) is 30.5 Å². The molecule has 0 aliphatic rings. The number of hydrogen-bond acceptors (Lipinski definition) is 3. The Morgan fingerprint density at radius 1 is 1.33 bits per heavy atom. The average molecular weight is 259 g/mol. The van der Waals surface area contributed by atoms with Crippen LogP contribution in [0.2, 0.25) is 0 Å². The molecular formula is C12H12F3NO2. The van der Waals surface area contributed by atoms with E-state index >= 15 is 0 Å². The summed E-state index contributed by atoms with van der Waals surface area (Å²) < 4.78 is 37.0. The van der Waals surface area contributed by atoms with Crippen molar-refractivity contribution < 1.29 is 23.1 Å². The van der Waals surface area contributed by atoms with Gasteiger partial charge in [-0.25, -0.2) is 0 Å². The standard InChI is InChI=1S/C12H12F3NO2/c1-16(2)6-5-10(17)9-4-3-8(7-11(9)18)12(13,14)15/h3-7,18H,1-2H3. The largest absolute Gasteiger partial charge is 0.507 e. The first kappa shape index (κ1) is 14.1. The first-order valence-electron chi connectivity index (χ1n) is 5.01. The number of phenols is 1. The highest BCUT2D eigenvalue weighted by Gasteiger charge is 2.31. The van der Waals surface area contributed by atoms with Gasteiger partial charge in [-0.3, -0.25) is 4.79 Å². The number of hydrogen-bond donors (Lipinski definition) is 1. The lowest BCUT2D eigenvalue weighted by molar-refractivity contribution is -0.137. The maximum Gasteiger partial charge on any atom is 0.416 e. The van der Waals surface area contributed by atoms with Crippen molar-refractivity contribution in [2.45, 2.75) is 6.18 Å². The molecule has 0 heterocycles. The van der Waals surface area contributed by atoms with Gasteiger partial charge in [0.15, 0.2) is 5.78 Å². The highest BCUT2D eigenvalue weighted by molar-refractivity contribution is 6.06. The molecule has 0 unspecified atom stereocenters. The van der Waals surface area contributed by atoms with E-state index in [1.807, 2.05) is 0 Å². The molecule has 3 nitrogen and oxygen atoms in total. The second-order valence-electron chi connectivity index (χ2n) is 3.87. The quantitative estimate of drug-likeness (QED) is 0.670. The van der Waals surface area contributed by atoms with Gasteiger partial charge in [0.05, 0.1) is 11.1 Å². The highest BCUT2D eigenvalue weighted by atomic mass is 19.4. The van der Waals surface area contributed by atoms with Gasteiger partial charge in [0.25, 0.3) is 0 Å². The minimum atomic E-state index is -4.54.